The zero-order chi connectivity index (χ0) is 21.0. The molecule has 0 bridgehead atoms. The Morgan fingerprint density at radius 2 is 1.86 bits per heavy atom. The number of nitro benzene ring substituents is 1. The highest BCUT2D eigenvalue weighted by molar-refractivity contribution is 5.92. The van der Waals surface area contributed by atoms with Crippen LogP contribution in [0.2, 0.25) is 0 Å². The van der Waals surface area contributed by atoms with Crippen molar-refractivity contribution in [2.24, 2.45) is 5.92 Å². The minimum Gasteiger partial charge on any atom is -0.348 e. The van der Waals surface area contributed by atoms with Gasteiger partial charge in [-0.3, -0.25) is 19.7 Å². The summed E-state index contributed by atoms with van der Waals surface area (Å²) < 4.78 is 1.51. The summed E-state index contributed by atoms with van der Waals surface area (Å²) in [5.74, 6) is 0.245. The van der Waals surface area contributed by atoms with E-state index in [1.165, 1.54) is 16.8 Å². The van der Waals surface area contributed by atoms with Gasteiger partial charge in [0.15, 0.2) is 5.69 Å². The number of nitrogens with zero attached hydrogens (tertiary/aromatic N) is 4. The van der Waals surface area contributed by atoms with Crippen LogP contribution in [-0.2, 0) is 4.79 Å². The van der Waals surface area contributed by atoms with E-state index in [-0.39, 0.29) is 29.2 Å². The standard InChI is InChI=1S/C20H25N5O4/c1-14(2)13-19(26)23-10-7-15(8-11-23)21-20(27)18-9-12-24(22-18)16-3-5-17(6-4-16)25(28)29/h3-6,9,12,14-15H,7-8,10-11,13H2,1-2H3,(H,21,27). The molecule has 1 N–H and O–H groups in total. The van der Waals surface area contributed by atoms with Gasteiger partial charge in [0.2, 0.25) is 5.91 Å². The van der Waals surface area contributed by atoms with Crippen LogP contribution in [-0.4, -0.2) is 50.5 Å². The van der Waals surface area contributed by atoms with Crippen LogP contribution < -0.4 is 5.32 Å². The molecule has 9 heteroatoms. The number of carbonyl (C=O) groups is 2. The summed E-state index contributed by atoms with van der Waals surface area (Å²) in [5.41, 5.74) is 0.908. The number of rotatable bonds is 6. The Labute approximate surface area is 168 Å². The predicted octanol–water partition coefficient (Wildman–Crippen LogP) is 2.55. The van der Waals surface area contributed by atoms with Crippen molar-refractivity contribution in [1.29, 1.82) is 0 Å². The minimum absolute atomic E-state index is 0.00269. The first kappa shape index (κ1) is 20.5. The SMILES string of the molecule is CC(C)CC(=O)N1CCC(NC(=O)c2ccn(-c3ccc([N+](=O)[O-])cc3)n2)CC1. The number of hydrogen-bond donors (Lipinski definition) is 1. The van der Waals surface area contributed by atoms with Crippen molar-refractivity contribution in [2.45, 2.75) is 39.2 Å². The molecule has 0 spiro atoms. The molecular weight excluding hydrogens is 374 g/mol. The maximum atomic E-state index is 12.5. The predicted molar refractivity (Wildman–Crippen MR) is 107 cm³/mol. The number of non-ortho nitro benzene ring substituents is 1. The van der Waals surface area contributed by atoms with Crippen LogP contribution in [0.15, 0.2) is 36.5 Å². The summed E-state index contributed by atoms with van der Waals surface area (Å²) in [4.78, 5) is 36.8. The van der Waals surface area contributed by atoms with Crippen molar-refractivity contribution in [3.8, 4) is 5.69 Å². The quantitative estimate of drug-likeness (QED) is 0.593. The molecule has 2 heterocycles. The van der Waals surface area contributed by atoms with E-state index >= 15 is 0 Å². The lowest BCUT2D eigenvalue weighted by molar-refractivity contribution is -0.384. The Morgan fingerprint density at radius 3 is 2.45 bits per heavy atom. The topological polar surface area (TPSA) is 110 Å². The summed E-state index contributed by atoms with van der Waals surface area (Å²) in [5, 5.41) is 18.0. The Kier molecular flexibility index (Phi) is 6.26. The highest BCUT2D eigenvalue weighted by atomic mass is 16.6. The number of nitro groups is 1. The molecule has 154 valence electrons. The third kappa shape index (κ3) is 5.18. The smallest absolute Gasteiger partial charge is 0.272 e. The van der Waals surface area contributed by atoms with Gasteiger partial charge in [-0.25, -0.2) is 4.68 Å². The first-order valence-corrected chi connectivity index (χ1v) is 9.72. The molecule has 1 aliphatic rings. The summed E-state index contributed by atoms with van der Waals surface area (Å²) in [6.45, 7) is 5.35. The molecule has 2 amide bonds. The molecule has 1 fully saturated rings. The van der Waals surface area contributed by atoms with Crippen molar-refractivity contribution in [2.75, 3.05) is 13.1 Å². The van der Waals surface area contributed by atoms with Crippen molar-refractivity contribution in [3.05, 3.63) is 52.3 Å². The van der Waals surface area contributed by atoms with E-state index in [2.05, 4.69) is 10.4 Å². The number of hydrogen-bond acceptors (Lipinski definition) is 5. The van der Waals surface area contributed by atoms with E-state index in [1.54, 1.807) is 24.4 Å². The van der Waals surface area contributed by atoms with E-state index < -0.39 is 4.92 Å². The second-order valence-corrected chi connectivity index (χ2v) is 7.65. The van der Waals surface area contributed by atoms with Gasteiger partial charge in [0.05, 0.1) is 10.6 Å². The number of piperidine rings is 1. The second-order valence-electron chi connectivity index (χ2n) is 7.65. The van der Waals surface area contributed by atoms with Gasteiger partial charge >= 0.3 is 0 Å². The van der Waals surface area contributed by atoms with Gasteiger partial charge in [-0.2, -0.15) is 5.10 Å². The number of carbonyl (C=O) groups excluding carboxylic acids is 2. The van der Waals surface area contributed by atoms with Crippen molar-refractivity contribution in [1.82, 2.24) is 20.0 Å². The summed E-state index contributed by atoms with van der Waals surface area (Å²) in [6, 6.07) is 7.57. The number of likely N-dealkylation sites (tertiary alicyclic amines) is 1. The van der Waals surface area contributed by atoms with Gasteiger partial charge in [0.1, 0.15) is 0 Å². The molecule has 29 heavy (non-hydrogen) atoms. The van der Waals surface area contributed by atoms with Gasteiger partial charge in [0.25, 0.3) is 11.6 Å². The van der Waals surface area contributed by atoms with Gasteiger partial charge in [-0.1, -0.05) is 13.8 Å². The Balaban J connectivity index is 1.54. The summed E-state index contributed by atoms with van der Waals surface area (Å²) >= 11 is 0. The Hall–Kier alpha value is -3.23. The van der Waals surface area contributed by atoms with Crippen LogP contribution in [0.5, 0.6) is 0 Å². The molecule has 0 aliphatic carbocycles. The molecule has 1 aromatic carbocycles. The molecule has 0 unspecified atom stereocenters. The lowest BCUT2D eigenvalue weighted by atomic mass is 10.0. The zero-order valence-electron chi connectivity index (χ0n) is 16.6. The van der Waals surface area contributed by atoms with Crippen LogP contribution in [0.4, 0.5) is 5.69 Å². The van der Waals surface area contributed by atoms with Crippen molar-refractivity contribution < 1.29 is 14.5 Å². The van der Waals surface area contributed by atoms with Crippen LogP contribution in [0.1, 0.15) is 43.6 Å². The molecule has 3 rings (SSSR count). The number of nitrogens with one attached hydrogen (secondary N) is 1. The summed E-state index contributed by atoms with van der Waals surface area (Å²) in [7, 11) is 0. The summed E-state index contributed by atoms with van der Waals surface area (Å²) in [6.07, 6.45) is 3.64. The maximum Gasteiger partial charge on any atom is 0.272 e. The molecule has 0 radical (unpaired) electrons. The second kappa shape index (κ2) is 8.85. The molecular formula is C20H25N5O4. The number of amides is 2. The minimum atomic E-state index is -0.465. The fraction of sp³-hybridized carbons (Fsp3) is 0.450. The van der Waals surface area contributed by atoms with Crippen LogP contribution in [0, 0.1) is 16.0 Å². The van der Waals surface area contributed by atoms with Gasteiger partial charge < -0.3 is 10.2 Å². The highest BCUT2D eigenvalue weighted by Crippen LogP contribution is 2.16. The highest BCUT2D eigenvalue weighted by Gasteiger charge is 2.25. The average molecular weight is 399 g/mol. The van der Waals surface area contributed by atoms with E-state index in [4.69, 9.17) is 0 Å². The lowest BCUT2D eigenvalue weighted by Gasteiger charge is -2.32. The molecule has 2 aromatic rings. The Bertz CT molecular complexity index is 883. The first-order valence-electron chi connectivity index (χ1n) is 9.72. The molecule has 0 atom stereocenters. The number of aromatic nitrogens is 2. The Morgan fingerprint density at radius 1 is 1.21 bits per heavy atom. The maximum absolute atomic E-state index is 12.5. The zero-order valence-corrected chi connectivity index (χ0v) is 16.6. The fourth-order valence-corrected chi connectivity index (χ4v) is 3.33. The first-order chi connectivity index (χ1) is 13.8. The van der Waals surface area contributed by atoms with E-state index in [0.29, 0.717) is 31.1 Å². The molecule has 1 aromatic heterocycles. The van der Waals surface area contributed by atoms with Crippen molar-refractivity contribution >= 4 is 17.5 Å². The third-order valence-electron chi connectivity index (χ3n) is 4.91. The lowest BCUT2D eigenvalue weighted by Crippen LogP contribution is -2.46. The monoisotopic (exact) mass is 399 g/mol. The van der Waals surface area contributed by atoms with Crippen LogP contribution in [0.3, 0.4) is 0 Å². The van der Waals surface area contributed by atoms with Crippen molar-refractivity contribution in [3.63, 3.8) is 0 Å². The van der Waals surface area contributed by atoms with E-state index in [9.17, 15) is 19.7 Å². The van der Waals surface area contributed by atoms with Gasteiger partial charge in [-0.15, -0.1) is 0 Å². The number of benzene rings is 1. The van der Waals surface area contributed by atoms with E-state index in [0.717, 1.165) is 12.8 Å². The van der Waals surface area contributed by atoms with Gasteiger partial charge in [-0.05, 0) is 37.0 Å². The largest absolute Gasteiger partial charge is 0.348 e. The molecule has 0 saturated carbocycles. The van der Waals surface area contributed by atoms with Crippen LogP contribution >= 0.6 is 0 Å². The van der Waals surface area contributed by atoms with Crippen LogP contribution in [0.25, 0.3) is 5.69 Å². The third-order valence-corrected chi connectivity index (χ3v) is 4.91. The van der Waals surface area contributed by atoms with Gasteiger partial charge in [0, 0.05) is 43.9 Å². The fourth-order valence-electron chi connectivity index (χ4n) is 3.33. The molecule has 1 aliphatic heterocycles. The molecule has 1 saturated heterocycles. The molecule has 9 nitrogen and oxygen atoms in total. The average Bonchev–Trinajstić information content (AvgIpc) is 3.18. The normalized spacial score (nSPS) is 14.8. The van der Waals surface area contributed by atoms with E-state index in [1.807, 2.05) is 18.7 Å².